The van der Waals surface area contributed by atoms with Gasteiger partial charge in [0.25, 0.3) is 0 Å². The van der Waals surface area contributed by atoms with Gasteiger partial charge in [0, 0.05) is 50.5 Å². The van der Waals surface area contributed by atoms with Crippen LogP contribution in [0.4, 0.5) is 11.4 Å². The number of aliphatic hydroxyl groups excluding tert-OH is 1. The van der Waals surface area contributed by atoms with Crippen molar-refractivity contribution in [1.82, 2.24) is 15.1 Å². The minimum absolute atomic E-state index is 0.0193. The van der Waals surface area contributed by atoms with Gasteiger partial charge < -0.3 is 35.8 Å². The summed E-state index contributed by atoms with van der Waals surface area (Å²) >= 11 is 0. The fourth-order valence-corrected chi connectivity index (χ4v) is 8.12. The van der Waals surface area contributed by atoms with Crippen LogP contribution in [0.5, 0.6) is 0 Å². The molecule has 4 aromatic rings. The van der Waals surface area contributed by atoms with E-state index >= 15 is 0 Å². The molecule has 290 valence electrons. The van der Waals surface area contributed by atoms with E-state index in [9.17, 15) is 14.7 Å². The molecule has 0 bridgehead atoms. The van der Waals surface area contributed by atoms with E-state index in [-0.39, 0.29) is 43.5 Å². The van der Waals surface area contributed by atoms with Crippen LogP contribution in [0.2, 0.25) is 0 Å². The van der Waals surface area contributed by atoms with Crippen LogP contribution in [0.15, 0.2) is 97.1 Å². The number of ether oxygens (including phenoxy) is 2. The predicted octanol–water partition coefficient (Wildman–Crippen LogP) is 6.96. The highest BCUT2D eigenvalue weighted by atomic mass is 16.7. The zero-order chi connectivity index (χ0) is 38.0. The van der Waals surface area contributed by atoms with Gasteiger partial charge in [-0.15, -0.1) is 0 Å². The Bertz CT molecular complexity index is 1860. The Hall–Kier alpha value is -4.58. The molecule has 3 aliphatic rings. The number of rotatable bonds is 15. The van der Waals surface area contributed by atoms with Gasteiger partial charge in [-0.3, -0.25) is 14.5 Å². The second-order valence-electron chi connectivity index (χ2n) is 15.2. The molecule has 2 amide bonds. The summed E-state index contributed by atoms with van der Waals surface area (Å²) in [6.07, 6.45) is 6.24. The molecule has 3 heterocycles. The molecule has 3 fully saturated rings. The van der Waals surface area contributed by atoms with E-state index < -0.39 is 6.29 Å². The summed E-state index contributed by atoms with van der Waals surface area (Å²) in [6.45, 7) is 6.02. The normalized spacial score (nSPS) is 21.8. The Balaban J connectivity index is 0.952. The summed E-state index contributed by atoms with van der Waals surface area (Å²) in [6, 6.07) is 32.4. The van der Waals surface area contributed by atoms with Crippen LogP contribution < -0.4 is 16.4 Å². The van der Waals surface area contributed by atoms with Gasteiger partial charge in [0.2, 0.25) is 11.8 Å². The molecule has 55 heavy (non-hydrogen) atoms. The van der Waals surface area contributed by atoms with Crippen LogP contribution in [-0.2, 0) is 32.2 Å². The molecule has 7 rings (SSSR count). The van der Waals surface area contributed by atoms with E-state index in [4.69, 9.17) is 15.2 Å². The average molecular weight is 746 g/mol. The Kier molecular flexibility index (Phi) is 13.3. The first-order valence-corrected chi connectivity index (χ1v) is 20.0. The van der Waals surface area contributed by atoms with Crippen molar-refractivity contribution in [3.63, 3.8) is 0 Å². The van der Waals surface area contributed by atoms with Crippen molar-refractivity contribution in [1.29, 1.82) is 0 Å². The molecular formula is C45H55N5O5. The molecule has 0 aliphatic carbocycles. The van der Waals surface area contributed by atoms with Crippen molar-refractivity contribution in [3.05, 3.63) is 119 Å². The summed E-state index contributed by atoms with van der Waals surface area (Å²) in [5.74, 6) is -0.259. The van der Waals surface area contributed by atoms with Gasteiger partial charge in [0.1, 0.15) is 0 Å². The van der Waals surface area contributed by atoms with Crippen molar-refractivity contribution in [2.45, 2.75) is 89.1 Å². The van der Waals surface area contributed by atoms with E-state index in [2.05, 4.69) is 69.0 Å². The number of nitrogens with two attached hydrogens (primary N) is 1. The van der Waals surface area contributed by atoms with Crippen LogP contribution in [0, 0.1) is 0 Å². The number of carbonyl (C=O) groups is 2. The van der Waals surface area contributed by atoms with Crippen LogP contribution >= 0.6 is 0 Å². The standard InChI is InChI=1S/C45H55N5O5/c46-40-11-1-2-12-41(40)48-44(53)14-6-13-43(52)47-28-33-8-5-9-37(26-33)34-19-21-36(22-20-34)45-54-39(27-42(55-45)35-17-15-32(31-51)16-18-35)30-50-25-7-10-38(50)29-49-23-3-4-24-49/h1-2,5,8-9,11-12,15-22,26,38-39,42,45,51H,3-4,6-7,10,13-14,23-25,27-31,46H2,(H,47,52)(H,48,53)/t38-,39-,42+,45+/m0/s1. The second-order valence-corrected chi connectivity index (χ2v) is 15.2. The predicted molar refractivity (Wildman–Crippen MR) is 216 cm³/mol. The molecule has 0 aromatic heterocycles. The van der Waals surface area contributed by atoms with E-state index in [1.54, 1.807) is 12.1 Å². The van der Waals surface area contributed by atoms with Crippen molar-refractivity contribution < 1.29 is 24.2 Å². The van der Waals surface area contributed by atoms with Crippen LogP contribution in [0.1, 0.15) is 86.0 Å². The zero-order valence-electron chi connectivity index (χ0n) is 31.7. The van der Waals surface area contributed by atoms with E-state index in [0.29, 0.717) is 30.4 Å². The number of amides is 2. The van der Waals surface area contributed by atoms with Gasteiger partial charge in [0.15, 0.2) is 6.29 Å². The molecule has 10 nitrogen and oxygen atoms in total. The fraction of sp³-hybridized carbons (Fsp3) is 0.422. The SMILES string of the molecule is Nc1ccccc1NC(=O)CCCC(=O)NCc1cccc(-c2ccc([C@@H]3O[C@H](CN4CCC[C@H]4CN4CCCC4)C[C@H](c4ccc(CO)cc4)O3)cc2)c1. The number of nitrogens with zero attached hydrogens (tertiary/aromatic N) is 2. The Morgan fingerprint density at radius 2 is 1.53 bits per heavy atom. The number of para-hydroxylation sites is 2. The smallest absolute Gasteiger partial charge is 0.224 e. The number of hydrogen-bond donors (Lipinski definition) is 4. The van der Waals surface area contributed by atoms with E-state index in [1.165, 1.54) is 38.8 Å². The number of aliphatic hydroxyl groups is 1. The topological polar surface area (TPSA) is 129 Å². The monoisotopic (exact) mass is 745 g/mol. The van der Waals surface area contributed by atoms with Gasteiger partial charge in [-0.05, 0) is 97.8 Å². The molecule has 4 atom stereocenters. The van der Waals surface area contributed by atoms with Crippen LogP contribution in [0.3, 0.4) is 0 Å². The molecule has 0 saturated carbocycles. The number of benzene rings is 4. The summed E-state index contributed by atoms with van der Waals surface area (Å²) < 4.78 is 13.4. The Morgan fingerprint density at radius 1 is 0.764 bits per heavy atom. The second kappa shape index (κ2) is 18.8. The van der Waals surface area contributed by atoms with Gasteiger partial charge in [-0.2, -0.15) is 0 Å². The van der Waals surface area contributed by atoms with Gasteiger partial charge in [-0.1, -0.05) is 78.9 Å². The number of likely N-dealkylation sites (tertiary alicyclic amines) is 2. The third kappa shape index (κ3) is 10.6. The lowest BCUT2D eigenvalue weighted by Gasteiger charge is -2.39. The van der Waals surface area contributed by atoms with Gasteiger partial charge in [-0.25, -0.2) is 0 Å². The summed E-state index contributed by atoms with van der Waals surface area (Å²) in [5.41, 5.74) is 13.1. The molecule has 0 radical (unpaired) electrons. The lowest BCUT2D eigenvalue weighted by Crippen LogP contribution is -2.45. The maximum atomic E-state index is 12.6. The molecule has 4 aromatic carbocycles. The maximum absolute atomic E-state index is 12.6. The first-order chi connectivity index (χ1) is 26.9. The first-order valence-electron chi connectivity index (χ1n) is 20.0. The molecular weight excluding hydrogens is 691 g/mol. The number of hydrogen-bond acceptors (Lipinski definition) is 8. The lowest BCUT2D eigenvalue weighted by molar-refractivity contribution is -0.253. The van der Waals surface area contributed by atoms with Gasteiger partial charge >= 0.3 is 0 Å². The molecule has 3 saturated heterocycles. The molecule has 10 heteroatoms. The third-order valence-corrected chi connectivity index (χ3v) is 11.2. The highest BCUT2D eigenvalue weighted by Gasteiger charge is 2.36. The Labute approximate surface area is 325 Å². The maximum Gasteiger partial charge on any atom is 0.224 e. The molecule has 3 aliphatic heterocycles. The van der Waals surface area contributed by atoms with Crippen molar-refractivity contribution in [2.24, 2.45) is 0 Å². The van der Waals surface area contributed by atoms with E-state index in [0.717, 1.165) is 59.4 Å². The van der Waals surface area contributed by atoms with Crippen molar-refractivity contribution in [3.8, 4) is 11.1 Å². The van der Waals surface area contributed by atoms with Crippen molar-refractivity contribution >= 4 is 23.2 Å². The summed E-state index contributed by atoms with van der Waals surface area (Å²) in [7, 11) is 0. The number of nitrogen functional groups attached to an aromatic ring is 1. The van der Waals surface area contributed by atoms with Crippen LogP contribution in [0.25, 0.3) is 11.1 Å². The summed E-state index contributed by atoms with van der Waals surface area (Å²) in [5, 5.41) is 15.4. The zero-order valence-corrected chi connectivity index (χ0v) is 31.7. The molecule has 0 spiro atoms. The van der Waals surface area contributed by atoms with Crippen molar-refractivity contribution in [2.75, 3.05) is 43.8 Å². The summed E-state index contributed by atoms with van der Waals surface area (Å²) in [4.78, 5) is 30.2. The minimum Gasteiger partial charge on any atom is -0.397 e. The highest BCUT2D eigenvalue weighted by Crippen LogP contribution is 2.39. The lowest BCUT2D eigenvalue weighted by atomic mass is 9.98. The third-order valence-electron chi connectivity index (χ3n) is 11.2. The fourth-order valence-electron chi connectivity index (χ4n) is 8.12. The average Bonchev–Trinajstić information content (AvgIpc) is 3.90. The molecule has 5 N–H and O–H groups in total. The number of nitrogens with one attached hydrogen (secondary N) is 2. The number of anilines is 2. The quantitative estimate of drug-likeness (QED) is 0.0963. The van der Waals surface area contributed by atoms with E-state index in [1.807, 2.05) is 36.4 Å². The van der Waals surface area contributed by atoms with Crippen LogP contribution in [-0.4, -0.2) is 71.6 Å². The minimum atomic E-state index is -0.501. The Morgan fingerprint density at radius 3 is 2.31 bits per heavy atom. The first kappa shape index (κ1) is 38.7. The number of carbonyl (C=O) groups excluding carboxylic acids is 2. The van der Waals surface area contributed by atoms with Gasteiger partial charge in [0.05, 0.1) is 30.2 Å². The largest absolute Gasteiger partial charge is 0.397 e. The molecule has 0 unspecified atom stereocenters. The highest BCUT2D eigenvalue weighted by molar-refractivity contribution is 5.94.